The third-order valence-corrected chi connectivity index (χ3v) is 8.19. The number of morpholine rings is 1. The minimum atomic E-state index is -0.533. The van der Waals surface area contributed by atoms with Crippen LogP contribution < -0.4 is 10.6 Å². The molecule has 1 aromatic carbocycles. The molecule has 0 unspecified atom stereocenters. The summed E-state index contributed by atoms with van der Waals surface area (Å²) in [7, 11) is 0. The first-order valence-corrected chi connectivity index (χ1v) is 12.8. The standard InChI is InChI=1S/C26H27N5O4S/c1-16-17(15-29-8-10-35-11-9-29)12-23(36-16)24-20(14-27)26(28)30(21-6-3-7-22(32)25(21)24)18-4-2-5-19(13-18)31(33)34/h2,4-5,12-13,24H,3,6-11,15,28H2,1H3/t24-/m0/s1. The van der Waals surface area contributed by atoms with Crippen LogP contribution in [0.5, 0.6) is 0 Å². The summed E-state index contributed by atoms with van der Waals surface area (Å²) in [6.45, 7) is 6.04. The molecule has 10 heteroatoms. The fourth-order valence-electron chi connectivity index (χ4n) is 5.26. The van der Waals surface area contributed by atoms with Gasteiger partial charge in [0.05, 0.1) is 41.4 Å². The van der Waals surface area contributed by atoms with Gasteiger partial charge in [0, 0.05) is 59.2 Å². The van der Waals surface area contributed by atoms with Crippen LogP contribution >= 0.6 is 11.3 Å². The maximum atomic E-state index is 13.4. The Bertz CT molecular complexity index is 1330. The van der Waals surface area contributed by atoms with Crippen LogP contribution in [-0.2, 0) is 16.1 Å². The zero-order valence-corrected chi connectivity index (χ0v) is 20.8. The molecule has 3 aliphatic rings. The van der Waals surface area contributed by atoms with Gasteiger partial charge < -0.3 is 10.5 Å². The van der Waals surface area contributed by atoms with E-state index in [2.05, 4.69) is 24.0 Å². The molecule has 0 spiro atoms. The fraction of sp³-hybridized carbons (Fsp3) is 0.385. The van der Waals surface area contributed by atoms with E-state index in [0.29, 0.717) is 36.1 Å². The summed E-state index contributed by atoms with van der Waals surface area (Å²) in [4.78, 5) is 30.4. The van der Waals surface area contributed by atoms with Crippen molar-refractivity contribution < 1.29 is 14.5 Å². The molecular formula is C26H27N5O4S. The van der Waals surface area contributed by atoms with E-state index in [0.717, 1.165) is 48.3 Å². The Kier molecular flexibility index (Phi) is 6.62. The number of nitrogens with two attached hydrogens (primary N) is 1. The molecule has 1 saturated heterocycles. The number of nitrogens with zero attached hydrogens (tertiary/aromatic N) is 4. The second-order valence-corrected chi connectivity index (χ2v) is 10.5. The lowest BCUT2D eigenvalue weighted by atomic mass is 9.78. The number of carbonyl (C=O) groups excluding carboxylic acids is 1. The molecule has 5 rings (SSSR count). The Morgan fingerprint density at radius 2 is 2.06 bits per heavy atom. The van der Waals surface area contributed by atoms with Crippen LogP contribution in [0.3, 0.4) is 0 Å². The molecule has 1 fully saturated rings. The first-order chi connectivity index (χ1) is 17.4. The second kappa shape index (κ2) is 9.85. The number of hydrogen-bond acceptors (Lipinski definition) is 9. The minimum Gasteiger partial charge on any atom is -0.384 e. The Labute approximate surface area is 213 Å². The molecule has 1 aliphatic carbocycles. The number of benzene rings is 1. The van der Waals surface area contributed by atoms with Gasteiger partial charge in [0.1, 0.15) is 5.82 Å². The van der Waals surface area contributed by atoms with Gasteiger partial charge in [-0.15, -0.1) is 11.3 Å². The highest BCUT2D eigenvalue weighted by atomic mass is 32.1. The minimum absolute atomic E-state index is 0.00212. The van der Waals surface area contributed by atoms with Crippen molar-refractivity contribution >= 4 is 28.5 Å². The maximum Gasteiger partial charge on any atom is 0.271 e. The highest BCUT2D eigenvalue weighted by Gasteiger charge is 2.41. The number of allylic oxidation sites excluding steroid dienone is 3. The average Bonchev–Trinajstić information content (AvgIpc) is 3.23. The van der Waals surface area contributed by atoms with Crippen molar-refractivity contribution in [1.82, 2.24) is 4.90 Å². The van der Waals surface area contributed by atoms with Gasteiger partial charge in [0.15, 0.2) is 5.78 Å². The monoisotopic (exact) mass is 505 g/mol. The lowest BCUT2D eigenvalue weighted by Gasteiger charge is -2.39. The molecule has 1 atom stereocenters. The number of ketones is 1. The van der Waals surface area contributed by atoms with E-state index in [4.69, 9.17) is 10.5 Å². The van der Waals surface area contributed by atoms with Crippen molar-refractivity contribution in [2.24, 2.45) is 5.73 Å². The number of Topliss-reactive ketones (excluding diaryl/α,β-unsaturated/α-hetero) is 1. The third-order valence-electron chi connectivity index (χ3n) is 7.03. The van der Waals surface area contributed by atoms with E-state index in [-0.39, 0.29) is 17.3 Å². The third kappa shape index (κ3) is 4.30. The van der Waals surface area contributed by atoms with E-state index < -0.39 is 10.8 Å². The molecule has 0 bridgehead atoms. The lowest BCUT2D eigenvalue weighted by Crippen LogP contribution is -2.38. The van der Waals surface area contributed by atoms with Gasteiger partial charge in [-0.25, -0.2) is 0 Å². The predicted molar refractivity (Wildman–Crippen MR) is 136 cm³/mol. The van der Waals surface area contributed by atoms with Crippen LogP contribution in [0, 0.1) is 28.4 Å². The van der Waals surface area contributed by atoms with Crippen LogP contribution in [0.1, 0.15) is 40.5 Å². The largest absolute Gasteiger partial charge is 0.384 e. The Morgan fingerprint density at radius 1 is 1.28 bits per heavy atom. The first kappa shape index (κ1) is 24.2. The molecule has 2 aromatic rings. The number of anilines is 1. The summed E-state index contributed by atoms with van der Waals surface area (Å²) in [5.41, 5.74) is 9.81. The zero-order chi connectivity index (χ0) is 25.4. The molecule has 0 saturated carbocycles. The van der Waals surface area contributed by atoms with E-state index in [1.54, 1.807) is 28.4 Å². The molecule has 0 amide bonds. The Morgan fingerprint density at radius 3 is 2.78 bits per heavy atom. The molecule has 9 nitrogen and oxygen atoms in total. The van der Waals surface area contributed by atoms with Gasteiger partial charge >= 0.3 is 0 Å². The summed E-state index contributed by atoms with van der Waals surface area (Å²) in [5, 5.41) is 21.6. The topological polar surface area (TPSA) is 126 Å². The van der Waals surface area contributed by atoms with Gasteiger partial charge in [0.25, 0.3) is 5.69 Å². The van der Waals surface area contributed by atoms with Gasteiger partial charge in [-0.1, -0.05) is 6.07 Å². The van der Waals surface area contributed by atoms with Crippen molar-refractivity contribution in [2.45, 2.75) is 38.6 Å². The van der Waals surface area contributed by atoms with Crippen molar-refractivity contribution in [3.8, 4) is 6.07 Å². The number of thiophene rings is 1. The van der Waals surface area contributed by atoms with Crippen molar-refractivity contribution in [3.05, 3.63) is 78.4 Å². The summed E-state index contributed by atoms with van der Waals surface area (Å²) in [5.74, 6) is -0.315. The summed E-state index contributed by atoms with van der Waals surface area (Å²) >= 11 is 1.60. The number of nitriles is 1. The number of aryl methyl sites for hydroxylation is 1. The maximum absolute atomic E-state index is 13.4. The SMILES string of the molecule is Cc1sc([C@@H]2C(C#N)=C(N)N(c3cccc([N+](=O)[O-])c3)C3=C2C(=O)CCC3)cc1CN1CCOCC1. The first-order valence-electron chi connectivity index (χ1n) is 12.0. The molecule has 2 N–H and O–H groups in total. The quantitative estimate of drug-likeness (QED) is 0.475. The number of rotatable bonds is 5. The highest BCUT2D eigenvalue weighted by Crippen LogP contribution is 2.48. The normalized spacial score (nSPS) is 20.9. The van der Waals surface area contributed by atoms with Crippen LogP contribution in [0.25, 0.3) is 0 Å². The van der Waals surface area contributed by atoms with E-state index in [1.165, 1.54) is 17.7 Å². The predicted octanol–water partition coefficient (Wildman–Crippen LogP) is 4.10. The molecule has 36 heavy (non-hydrogen) atoms. The molecule has 2 aliphatic heterocycles. The van der Waals surface area contributed by atoms with Crippen LogP contribution in [0.4, 0.5) is 11.4 Å². The van der Waals surface area contributed by atoms with Gasteiger partial charge in [-0.05, 0) is 37.5 Å². The zero-order valence-electron chi connectivity index (χ0n) is 20.0. The average molecular weight is 506 g/mol. The number of carbonyl (C=O) groups is 1. The van der Waals surface area contributed by atoms with E-state index >= 15 is 0 Å². The van der Waals surface area contributed by atoms with Crippen molar-refractivity contribution in [2.75, 3.05) is 31.2 Å². The Balaban J connectivity index is 1.60. The second-order valence-electron chi connectivity index (χ2n) is 9.21. The molecule has 1 aromatic heterocycles. The molecular weight excluding hydrogens is 478 g/mol. The molecule has 186 valence electrons. The number of nitro benzene ring substituents is 1. The van der Waals surface area contributed by atoms with Gasteiger partial charge in [0.2, 0.25) is 0 Å². The summed E-state index contributed by atoms with van der Waals surface area (Å²) < 4.78 is 5.47. The van der Waals surface area contributed by atoms with Gasteiger partial charge in [-0.3, -0.25) is 24.7 Å². The van der Waals surface area contributed by atoms with Crippen LogP contribution in [0.15, 0.2) is 53.0 Å². The lowest BCUT2D eigenvalue weighted by molar-refractivity contribution is -0.384. The Hall–Kier alpha value is -3.52. The van der Waals surface area contributed by atoms with E-state index in [9.17, 15) is 20.2 Å². The van der Waals surface area contributed by atoms with Crippen LogP contribution in [-0.4, -0.2) is 41.9 Å². The molecule has 0 radical (unpaired) electrons. The smallest absolute Gasteiger partial charge is 0.271 e. The summed E-state index contributed by atoms with van der Waals surface area (Å²) in [6, 6.07) is 10.5. The number of non-ortho nitro benzene ring substituents is 1. The van der Waals surface area contributed by atoms with Crippen molar-refractivity contribution in [3.63, 3.8) is 0 Å². The van der Waals surface area contributed by atoms with Crippen LogP contribution in [0.2, 0.25) is 0 Å². The summed E-state index contributed by atoms with van der Waals surface area (Å²) in [6.07, 6.45) is 1.67. The van der Waals surface area contributed by atoms with E-state index in [1.807, 2.05) is 0 Å². The van der Waals surface area contributed by atoms with Gasteiger partial charge in [-0.2, -0.15) is 5.26 Å². The number of ether oxygens (including phenoxy) is 1. The highest BCUT2D eigenvalue weighted by molar-refractivity contribution is 7.12. The fourth-order valence-corrected chi connectivity index (χ4v) is 6.42. The number of hydrogen-bond donors (Lipinski definition) is 1. The van der Waals surface area contributed by atoms with Crippen molar-refractivity contribution in [1.29, 1.82) is 5.26 Å². The number of nitro groups is 1. The molecule has 3 heterocycles.